The molecule has 0 aliphatic heterocycles. The average Bonchev–Trinajstić information content (AvgIpc) is 2.53. The molecule has 0 aromatic carbocycles. The van der Waals surface area contributed by atoms with Gasteiger partial charge in [-0.3, -0.25) is 4.68 Å². The van der Waals surface area contributed by atoms with Gasteiger partial charge in [-0.25, -0.2) is 9.97 Å². The SMILES string of the molecule is Nc1cnn(Cc2ncccn2)c1. The molecule has 0 saturated heterocycles. The van der Waals surface area contributed by atoms with Gasteiger partial charge in [-0.15, -0.1) is 0 Å². The van der Waals surface area contributed by atoms with Crippen LogP contribution in [0.25, 0.3) is 0 Å². The van der Waals surface area contributed by atoms with Gasteiger partial charge in [0, 0.05) is 18.6 Å². The van der Waals surface area contributed by atoms with Crippen LogP contribution in [0.1, 0.15) is 5.82 Å². The van der Waals surface area contributed by atoms with Gasteiger partial charge in [-0.1, -0.05) is 0 Å². The lowest BCUT2D eigenvalue weighted by molar-refractivity contribution is 0.655. The number of nitrogens with two attached hydrogens (primary N) is 1. The summed E-state index contributed by atoms with van der Waals surface area (Å²) in [4.78, 5) is 8.14. The molecule has 0 saturated carbocycles. The molecule has 2 N–H and O–H groups in total. The Hall–Kier alpha value is -1.91. The molecule has 2 aromatic rings. The largest absolute Gasteiger partial charge is 0.396 e. The second-order valence-corrected chi connectivity index (χ2v) is 2.64. The summed E-state index contributed by atoms with van der Waals surface area (Å²) < 4.78 is 1.70. The van der Waals surface area contributed by atoms with Gasteiger partial charge in [0.25, 0.3) is 0 Å². The molecule has 0 amide bonds. The van der Waals surface area contributed by atoms with Gasteiger partial charge < -0.3 is 5.73 Å². The minimum atomic E-state index is 0.554. The molecule has 0 atom stereocenters. The minimum absolute atomic E-state index is 0.554. The van der Waals surface area contributed by atoms with Crippen molar-refractivity contribution in [2.24, 2.45) is 0 Å². The van der Waals surface area contributed by atoms with Gasteiger partial charge in [0.1, 0.15) is 12.4 Å². The second kappa shape index (κ2) is 3.22. The van der Waals surface area contributed by atoms with Gasteiger partial charge in [0.05, 0.1) is 11.9 Å². The molecule has 0 fully saturated rings. The lowest BCUT2D eigenvalue weighted by atomic mass is 10.5. The summed E-state index contributed by atoms with van der Waals surface area (Å²) in [6.07, 6.45) is 6.75. The van der Waals surface area contributed by atoms with Crippen LogP contribution < -0.4 is 5.73 Å². The Labute approximate surface area is 75.2 Å². The molecule has 5 heteroatoms. The fraction of sp³-hybridized carbons (Fsp3) is 0.125. The smallest absolute Gasteiger partial charge is 0.149 e. The number of anilines is 1. The third-order valence-electron chi connectivity index (χ3n) is 1.58. The highest BCUT2D eigenvalue weighted by Gasteiger charge is 1.97. The van der Waals surface area contributed by atoms with Gasteiger partial charge in [0.2, 0.25) is 0 Å². The quantitative estimate of drug-likeness (QED) is 0.712. The Bertz CT molecular complexity index is 380. The monoisotopic (exact) mass is 175 g/mol. The van der Waals surface area contributed by atoms with Crippen LogP contribution in [0.15, 0.2) is 30.9 Å². The summed E-state index contributed by atoms with van der Waals surface area (Å²) in [5.74, 6) is 0.727. The maximum atomic E-state index is 5.51. The number of hydrogen-bond donors (Lipinski definition) is 1. The van der Waals surface area contributed by atoms with Crippen molar-refractivity contribution < 1.29 is 0 Å². The van der Waals surface area contributed by atoms with Crippen LogP contribution in [-0.2, 0) is 6.54 Å². The van der Waals surface area contributed by atoms with E-state index in [-0.39, 0.29) is 0 Å². The molecular formula is C8H9N5. The topological polar surface area (TPSA) is 69.6 Å². The van der Waals surface area contributed by atoms with Crippen molar-refractivity contribution in [1.82, 2.24) is 19.7 Å². The van der Waals surface area contributed by atoms with E-state index in [1.165, 1.54) is 0 Å². The standard InChI is InChI=1S/C8H9N5/c9-7-4-12-13(5-7)6-8-10-2-1-3-11-8/h1-5H,6,9H2. The molecule has 0 unspecified atom stereocenters. The van der Waals surface area contributed by atoms with Gasteiger partial charge in [-0.2, -0.15) is 5.10 Å². The fourth-order valence-electron chi connectivity index (χ4n) is 1.02. The van der Waals surface area contributed by atoms with Crippen molar-refractivity contribution in [3.8, 4) is 0 Å². The third-order valence-corrected chi connectivity index (χ3v) is 1.58. The first-order chi connectivity index (χ1) is 6.34. The summed E-state index contributed by atoms with van der Waals surface area (Å²) in [6, 6.07) is 1.78. The lowest BCUT2D eigenvalue weighted by Crippen LogP contribution is -2.03. The Balaban J connectivity index is 2.15. The van der Waals surface area contributed by atoms with Crippen molar-refractivity contribution >= 4 is 5.69 Å². The molecule has 2 rings (SSSR count). The fourth-order valence-corrected chi connectivity index (χ4v) is 1.02. The number of hydrogen-bond acceptors (Lipinski definition) is 4. The molecular weight excluding hydrogens is 166 g/mol. The van der Waals surface area contributed by atoms with E-state index in [0.717, 1.165) is 5.82 Å². The zero-order valence-electron chi connectivity index (χ0n) is 6.96. The van der Waals surface area contributed by atoms with Crippen molar-refractivity contribution in [2.75, 3.05) is 5.73 Å². The third kappa shape index (κ3) is 1.81. The summed E-state index contributed by atoms with van der Waals surface area (Å²) in [7, 11) is 0. The molecule has 13 heavy (non-hydrogen) atoms. The second-order valence-electron chi connectivity index (χ2n) is 2.64. The van der Waals surface area contributed by atoms with Crippen LogP contribution in [-0.4, -0.2) is 19.7 Å². The van der Waals surface area contributed by atoms with Crippen LogP contribution in [0.2, 0.25) is 0 Å². The van der Waals surface area contributed by atoms with Crippen molar-refractivity contribution in [3.05, 3.63) is 36.7 Å². The maximum Gasteiger partial charge on any atom is 0.149 e. The van der Waals surface area contributed by atoms with Gasteiger partial charge >= 0.3 is 0 Å². The van der Waals surface area contributed by atoms with E-state index >= 15 is 0 Å². The first-order valence-electron chi connectivity index (χ1n) is 3.88. The first kappa shape index (κ1) is 7.72. The maximum absolute atomic E-state index is 5.51. The van der Waals surface area contributed by atoms with Crippen LogP contribution in [0.4, 0.5) is 5.69 Å². The number of nitrogen functional groups attached to an aromatic ring is 1. The first-order valence-corrected chi connectivity index (χ1v) is 3.88. The normalized spacial score (nSPS) is 10.2. The molecule has 0 aliphatic carbocycles. The summed E-state index contributed by atoms with van der Waals surface area (Å²) in [5.41, 5.74) is 6.16. The van der Waals surface area contributed by atoms with Crippen LogP contribution in [0, 0.1) is 0 Å². The Morgan fingerprint density at radius 2 is 2.08 bits per heavy atom. The zero-order chi connectivity index (χ0) is 9.10. The van der Waals surface area contributed by atoms with Crippen LogP contribution in [0.3, 0.4) is 0 Å². The molecule has 2 heterocycles. The highest BCUT2D eigenvalue weighted by molar-refractivity contribution is 5.30. The van der Waals surface area contributed by atoms with Gasteiger partial charge in [-0.05, 0) is 6.07 Å². The Morgan fingerprint density at radius 1 is 1.31 bits per heavy atom. The van der Waals surface area contributed by atoms with Crippen molar-refractivity contribution in [1.29, 1.82) is 0 Å². The Morgan fingerprint density at radius 3 is 2.69 bits per heavy atom. The number of nitrogens with zero attached hydrogens (tertiary/aromatic N) is 4. The van der Waals surface area contributed by atoms with E-state index in [2.05, 4.69) is 15.1 Å². The minimum Gasteiger partial charge on any atom is -0.396 e. The van der Waals surface area contributed by atoms with E-state index in [1.54, 1.807) is 35.5 Å². The predicted octanol–water partition coefficient (Wildman–Crippen LogP) is 0.304. The van der Waals surface area contributed by atoms with Crippen LogP contribution in [0.5, 0.6) is 0 Å². The molecule has 2 aromatic heterocycles. The van der Waals surface area contributed by atoms with Crippen molar-refractivity contribution in [3.63, 3.8) is 0 Å². The summed E-state index contributed by atoms with van der Waals surface area (Å²) in [6.45, 7) is 0.554. The molecule has 0 spiro atoms. The van der Waals surface area contributed by atoms with Gasteiger partial charge in [0.15, 0.2) is 0 Å². The predicted molar refractivity (Wildman–Crippen MR) is 47.8 cm³/mol. The Kier molecular flexibility index (Phi) is 1.91. The highest BCUT2D eigenvalue weighted by Crippen LogP contribution is 1.99. The number of aromatic nitrogens is 4. The molecule has 0 aliphatic rings. The highest BCUT2D eigenvalue weighted by atomic mass is 15.3. The van der Waals surface area contributed by atoms with E-state index < -0.39 is 0 Å². The zero-order valence-corrected chi connectivity index (χ0v) is 6.96. The van der Waals surface area contributed by atoms with E-state index in [1.807, 2.05) is 0 Å². The lowest BCUT2D eigenvalue weighted by Gasteiger charge is -1.97. The summed E-state index contributed by atoms with van der Waals surface area (Å²) in [5, 5.41) is 4.02. The molecule has 0 bridgehead atoms. The van der Waals surface area contributed by atoms with Crippen LogP contribution >= 0.6 is 0 Å². The molecule has 66 valence electrons. The average molecular weight is 175 g/mol. The van der Waals surface area contributed by atoms with E-state index in [0.29, 0.717) is 12.2 Å². The van der Waals surface area contributed by atoms with E-state index in [4.69, 9.17) is 5.73 Å². The molecule has 5 nitrogen and oxygen atoms in total. The molecule has 0 radical (unpaired) electrons. The summed E-state index contributed by atoms with van der Waals surface area (Å²) >= 11 is 0. The number of rotatable bonds is 2. The van der Waals surface area contributed by atoms with Crippen molar-refractivity contribution in [2.45, 2.75) is 6.54 Å². The van der Waals surface area contributed by atoms with E-state index in [9.17, 15) is 0 Å².